The Balaban J connectivity index is 0.00000392. The van der Waals surface area contributed by atoms with Crippen molar-refractivity contribution in [1.29, 1.82) is 0 Å². The lowest BCUT2D eigenvalue weighted by Crippen LogP contribution is -2.39. The van der Waals surface area contributed by atoms with Gasteiger partial charge in [0.2, 0.25) is 0 Å². The largest absolute Gasteiger partial charge is 0.378 e. The highest BCUT2D eigenvalue weighted by Crippen LogP contribution is 2.16. The van der Waals surface area contributed by atoms with Crippen LogP contribution in [0.1, 0.15) is 39.9 Å². The Kier molecular flexibility index (Phi) is 11.8. The first-order valence-corrected chi connectivity index (χ1v) is 9.87. The van der Waals surface area contributed by atoms with Crippen LogP contribution in [0.4, 0.5) is 0 Å². The summed E-state index contributed by atoms with van der Waals surface area (Å²) in [4.78, 5) is 12.4. The third kappa shape index (κ3) is 8.18. The quantitative estimate of drug-likeness (QED) is 0.260. The number of guanidine groups is 1. The third-order valence-corrected chi connectivity index (χ3v) is 4.29. The van der Waals surface area contributed by atoms with Crippen LogP contribution in [0, 0.1) is 5.92 Å². The van der Waals surface area contributed by atoms with Gasteiger partial charge in [0.25, 0.3) is 0 Å². The lowest BCUT2D eigenvalue weighted by Gasteiger charge is -2.21. The van der Waals surface area contributed by atoms with E-state index in [4.69, 9.17) is 4.74 Å². The first-order chi connectivity index (χ1) is 13.1. The maximum absolute atomic E-state index is 5.80. The molecule has 1 atom stereocenters. The van der Waals surface area contributed by atoms with Crippen molar-refractivity contribution in [2.45, 2.75) is 46.8 Å². The number of aromatic nitrogens is 2. The van der Waals surface area contributed by atoms with Crippen molar-refractivity contribution >= 4 is 29.9 Å². The van der Waals surface area contributed by atoms with Gasteiger partial charge in [0.05, 0.1) is 18.0 Å². The summed E-state index contributed by atoms with van der Waals surface area (Å²) in [6.45, 7) is 11.4. The van der Waals surface area contributed by atoms with E-state index in [-0.39, 0.29) is 30.1 Å². The molecule has 0 bridgehead atoms. The van der Waals surface area contributed by atoms with Crippen LogP contribution in [0.25, 0.3) is 11.3 Å². The molecule has 0 aliphatic heterocycles. The molecule has 0 aliphatic rings. The van der Waals surface area contributed by atoms with E-state index in [1.54, 1.807) is 0 Å². The fourth-order valence-corrected chi connectivity index (χ4v) is 2.86. The first-order valence-electron chi connectivity index (χ1n) is 9.87. The average molecular weight is 499 g/mol. The molecule has 28 heavy (non-hydrogen) atoms. The van der Waals surface area contributed by atoms with E-state index < -0.39 is 0 Å². The molecule has 0 saturated carbocycles. The molecule has 0 fully saturated rings. The van der Waals surface area contributed by atoms with Gasteiger partial charge in [0.1, 0.15) is 12.4 Å². The standard InChI is InChI=1S/C21H33N5O.HI/c1-5-22-21(23-13-12-19(16(3)4)27-6-2)25-15-20-24-14-18(26-20)17-10-8-7-9-11-17;/h7-11,14,16,19H,5-6,12-13,15H2,1-4H3,(H,24,26)(H2,22,23,25);1H. The van der Waals surface area contributed by atoms with E-state index >= 15 is 0 Å². The maximum atomic E-state index is 5.80. The highest BCUT2D eigenvalue weighted by Gasteiger charge is 2.13. The molecular weight excluding hydrogens is 465 g/mol. The number of nitrogens with zero attached hydrogens (tertiary/aromatic N) is 2. The van der Waals surface area contributed by atoms with Gasteiger partial charge >= 0.3 is 0 Å². The molecule has 1 aromatic carbocycles. The molecule has 2 aromatic rings. The van der Waals surface area contributed by atoms with Crippen LogP contribution in [-0.4, -0.2) is 41.7 Å². The van der Waals surface area contributed by atoms with E-state index in [0.717, 1.165) is 49.2 Å². The number of nitrogens with one attached hydrogen (secondary N) is 3. The Morgan fingerprint density at radius 3 is 2.57 bits per heavy atom. The van der Waals surface area contributed by atoms with Crippen LogP contribution >= 0.6 is 24.0 Å². The maximum Gasteiger partial charge on any atom is 0.191 e. The average Bonchev–Trinajstić information content (AvgIpc) is 3.15. The Hall–Kier alpha value is -1.61. The number of aliphatic imine (C=N–C) groups is 1. The van der Waals surface area contributed by atoms with Gasteiger partial charge in [0, 0.05) is 19.7 Å². The van der Waals surface area contributed by atoms with Crippen molar-refractivity contribution in [3.63, 3.8) is 0 Å². The predicted octanol–water partition coefficient (Wildman–Crippen LogP) is 4.20. The molecule has 1 aromatic heterocycles. The zero-order valence-electron chi connectivity index (χ0n) is 17.4. The summed E-state index contributed by atoms with van der Waals surface area (Å²) in [5.74, 6) is 2.15. The van der Waals surface area contributed by atoms with Crippen molar-refractivity contribution < 1.29 is 4.74 Å². The van der Waals surface area contributed by atoms with E-state index in [2.05, 4.69) is 58.5 Å². The molecule has 0 saturated heterocycles. The molecule has 0 aliphatic carbocycles. The fraction of sp³-hybridized carbons (Fsp3) is 0.524. The lowest BCUT2D eigenvalue weighted by atomic mass is 10.0. The molecule has 1 heterocycles. The van der Waals surface area contributed by atoms with Crippen molar-refractivity contribution in [2.75, 3.05) is 19.7 Å². The molecule has 3 N–H and O–H groups in total. The minimum Gasteiger partial charge on any atom is -0.378 e. The van der Waals surface area contributed by atoms with Gasteiger partial charge < -0.3 is 20.4 Å². The number of ether oxygens (including phenoxy) is 1. The monoisotopic (exact) mass is 499 g/mol. The molecular formula is C21H34IN5O. The number of hydrogen-bond donors (Lipinski definition) is 3. The van der Waals surface area contributed by atoms with Crippen LogP contribution in [-0.2, 0) is 11.3 Å². The Labute approximate surface area is 186 Å². The van der Waals surface area contributed by atoms with Crippen LogP contribution in [0.15, 0.2) is 41.5 Å². The number of H-pyrrole nitrogens is 1. The zero-order chi connectivity index (χ0) is 19.5. The van der Waals surface area contributed by atoms with Gasteiger partial charge in [-0.1, -0.05) is 44.2 Å². The molecule has 2 rings (SSSR count). The number of hydrogen-bond acceptors (Lipinski definition) is 3. The minimum atomic E-state index is 0. The summed E-state index contributed by atoms with van der Waals surface area (Å²) in [7, 11) is 0. The second-order valence-corrected chi connectivity index (χ2v) is 6.76. The second kappa shape index (κ2) is 13.5. The predicted molar refractivity (Wildman–Crippen MR) is 127 cm³/mol. The smallest absolute Gasteiger partial charge is 0.191 e. The summed E-state index contributed by atoms with van der Waals surface area (Å²) >= 11 is 0. The van der Waals surface area contributed by atoms with Gasteiger partial charge in [-0.25, -0.2) is 9.98 Å². The van der Waals surface area contributed by atoms with Gasteiger partial charge in [-0.3, -0.25) is 0 Å². The number of rotatable bonds is 10. The molecule has 0 radical (unpaired) electrons. The van der Waals surface area contributed by atoms with E-state index in [1.165, 1.54) is 0 Å². The van der Waals surface area contributed by atoms with Crippen LogP contribution in [0.3, 0.4) is 0 Å². The number of benzene rings is 1. The summed E-state index contributed by atoms with van der Waals surface area (Å²) in [6, 6.07) is 10.2. The van der Waals surface area contributed by atoms with Crippen LogP contribution in [0.5, 0.6) is 0 Å². The Bertz CT molecular complexity index is 687. The van der Waals surface area contributed by atoms with Gasteiger partial charge in [-0.2, -0.15) is 0 Å². The van der Waals surface area contributed by atoms with E-state index in [0.29, 0.717) is 12.5 Å². The van der Waals surface area contributed by atoms with Crippen molar-refractivity contribution in [1.82, 2.24) is 20.6 Å². The van der Waals surface area contributed by atoms with Gasteiger partial charge in [0.15, 0.2) is 5.96 Å². The van der Waals surface area contributed by atoms with Crippen LogP contribution in [0.2, 0.25) is 0 Å². The molecule has 6 nitrogen and oxygen atoms in total. The van der Waals surface area contributed by atoms with Gasteiger partial charge in [-0.15, -0.1) is 24.0 Å². The van der Waals surface area contributed by atoms with Crippen molar-refractivity contribution in [3.8, 4) is 11.3 Å². The summed E-state index contributed by atoms with van der Waals surface area (Å²) in [6.07, 6.45) is 3.08. The normalized spacial score (nSPS) is 12.5. The summed E-state index contributed by atoms with van der Waals surface area (Å²) in [5, 5.41) is 6.67. The number of aromatic amines is 1. The van der Waals surface area contributed by atoms with E-state index in [1.807, 2.05) is 31.3 Å². The Morgan fingerprint density at radius 2 is 1.93 bits per heavy atom. The van der Waals surface area contributed by atoms with E-state index in [9.17, 15) is 0 Å². The SMILES string of the molecule is CCNC(=NCc1ncc(-c2ccccc2)[nH]1)NCCC(OCC)C(C)C.I. The molecule has 1 unspecified atom stereocenters. The fourth-order valence-electron chi connectivity index (χ4n) is 2.86. The minimum absolute atomic E-state index is 0. The molecule has 0 spiro atoms. The second-order valence-electron chi connectivity index (χ2n) is 6.76. The molecule has 7 heteroatoms. The summed E-state index contributed by atoms with van der Waals surface area (Å²) < 4.78 is 5.80. The highest BCUT2D eigenvalue weighted by atomic mass is 127. The molecule has 0 amide bonds. The van der Waals surface area contributed by atoms with Crippen LogP contribution < -0.4 is 10.6 Å². The zero-order valence-corrected chi connectivity index (χ0v) is 19.7. The number of imidazole rings is 1. The van der Waals surface area contributed by atoms with Crippen molar-refractivity contribution in [3.05, 3.63) is 42.4 Å². The van der Waals surface area contributed by atoms with Gasteiger partial charge in [-0.05, 0) is 31.7 Å². The third-order valence-electron chi connectivity index (χ3n) is 4.29. The first kappa shape index (κ1) is 24.4. The Morgan fingerprint density at radius 1 is 1.18 bits per heavy atom. The lowest BCUT2D eigenvalue weighted by molar-refractivity contribution is 0.0258. The summed E-state index contributed by atoms with van der Waals surface area (Å²) in [5.41, 5.74) is 2.14. The highest BCUT2D eigenvalue weighted by molar-refractivity contribution is 14.0. The van der Waals surface area contributed by atoms with Crippen molar-refractivity contribution in [2.24, 2.45) is 10.9 Å². The molecule has 156 valence electrons. The number of halogens is 1. The topological polar surface area (TPSA) is 74.3 Å².